The van der Waals surface area contributed by atoms with Crippen LogP contribution in [-0.2, 0) is 6.54 Å². The zero-order valence-corrected chi connectivity index (χ0v) is 12.5. The third-order valence-electron chi connectivity index (χ3n) is 3.18. The van der Waals surface area contributed by atoms with E-state index in [2.05, 4.69) is 19.2 Å². The quantitative estimate of drug-likeness (QED) is 0.427. The van der Waals surface area contributed by atoms with E-state index < -0.39 is 0 Å². The molecule has 0 atom stereocenters. The van der Waals surface area contributed by atoms with E-state index in [0.717, 1.165) is 24.4 Å². The minimum atomic E-state index is -0.383. The molecule has 0 aliphatic rings. The lowest BCUT2D eigenvalue weighted by atomic mass is 10.1. The summed E-state index contributed by atoms with van der Waals surface area (Å²) in [5.41, 5.74) is 0.924. The van der Waals surface area contributed by atoms with Gasteiger partial charge in [-0.05, 0) is 24.9 Å². The minimum Gasteiger partial charge on any atom is -0.496 e. The summed E-state index contributed by atoms with van der Waals surface area (Å²) >= 11 is 0. The lowest BCUT2D eigenvalue weighted by molar-refractivity contribution is -0.384. The van der Waals surface area contributed by atoms with Gasteiger partial charge in [-0.2, -0.15) is 0 Å². The largest absolute Gasteiger partial charge is 0.496 e. The van der Waals surface area contributed by atoms with E-state index in [1.165, 1.54) is 18.9 Å². The molecule has 0 aromatic heterocycles. The summed E-state index contributed by atoms with van der Waals surface area (Å²) in [6.45, 7) is 5.95. The number of benzene rings is 1. The van der Waals surface area contributed by atoms with Gasteiger partial charge in [0.05, 0.1) is 12.0 Å². The molecule has 0 saturated heterocycles. The normalized spacial score (nSPS) is 10.8. The SMILES string of the molecule is COc1ccc([N+](=O)[O-])cc1CNCCCCC(C)C. The van der Waals surface area contributed by atoms with Crippen molar-refractivity contribution in [2.75, 3.05) is 13.7 Å². The summed E-state index contributed by atoms with van der Waals surface area (Å²) < 4.78 is 5.23. The Morgan fingerprint density at radius 1 is 1.35 bits per heavy atom. The van der Waals surface area contributed by atoms with Gasteiger partial charge in [0.25, 0.3) is 5.69 Å². The number of unbranched alkanes of at least 4 members (excludes halogenated alkanes) is 1. The number of non-ortho nitro benzene ring substituents is 1. The van der Waals surface area contributed by atoms with Gasteiger partial charge in [0.15, 0.2) is 0 Å². The summed E-state index contributed by atoms with van der Waals surface area (Å²) in [5, 5.41) is 14.1. The summed E-state index contributed by atoms with van der Waals surface area (Å²) in [4.78, 5) is 10.4. The Morgan fingerprint density at radius 3 is 2.70 bits per heavy atom. The predicted octanol–water partition coefficient (Wildman–Crippen LogP) is 3.52. The number of hydrogen-bond donors (Lipinski definition) is 1. The Bertz CT molecular complexity index is 433. The number of nitro groups is 1. The summed E-state index contributed by atoms with van der Waals surface area (Å²) in [5.74, 6) is 1.43. The molecule has 0 bridgehead atoms. The highest BCUT2D eigenvalue weighted by molar-refractivity contribution is 5.43. The minimum absolute atomic E-state index is 0.0995. The zero-order valence-electron chi connectivity index (χ0n) is 12.5. The number of nitro benzene ring substituents is 1. The second-order valence-electron chi connectivity index (χ2n) is 5.32. The highest BCUT2D eigenvalue weighted by Gasteiger charge is 2.10. The molecule has 1 aromatic rings. The van der Waals surface area contributed by atoms with Crippen LogP contribution in [0.15, 0.2) is 18.2 Å². The number of methoxy groups -OCH3 is 1. The second-order valence-corrected chi connectivity index (χ2v) is 5.32. The van der Waals surface area contributed by atoms with Crippen LogP contribution in [0.5, 0.6) is 5.75 Å². The number of ether oxygens (including phenoxy) is 1. The second kappa shape index (κ2) is 8.53. The molecular weight excluding hydrogens is 256 g/mol. The molecule has 112 valence electrons. The first kappa shape index (κ1) is 16.4. The van der Waals surface area contributed by atoms with Crippen LogP contribution in [0.3, 0.4) is 0 Å². The fourth-order valence-electron chi connectivity index (χ4n) is 2.04. The first-order chi connectivity index (χ1) is 9.54. The molecule has 20 heavy (non-hydrogen) atoms. The third kappa shape index (κ3) is 5.57. The zero-order chi connectivity index (χ0) is 15.0. The maximum atomic E-state index is 10.8. The Labute approximate surface area is 120 Å². The van der Waals surface area contributed by atoms with E-state index in [4.69, 9.17) is 4.74 Å². The van der Waals surface area contributed by atoms with Crippen LogP contribution in [-0.4, -0.2) is 18.6 Å². The summed E-state index contributed by atoms with van der Waals surface area (Å²) in [7, 11) is 1.58. The highest BCUT2D eigenvalue weighted by Crippen LogP contribution is 2.23. The molecule has 0 aliphatic carbocycles. The summed E-state index contributed by atoms with van der Waals surface area (Å²) in [6, 6.07) is 4.68. The molecule has 0 aliphatic heterocycles. The number of hydrogen-bond acceptors (Lipinski definition) is 4. The number of rotatable bonds is 9. The first-order valence-corrected chi connectivity index (χ1v) is 7.06. The van der Waals surface area contributed by atoms with Crippen LogP contribution in [0.2, 0.25) is 0 Å². The van der Waals surface area contributed by atoms with E-state index >= 15 is 0 Å². The average Bonchev–Trinajstić information content (AvgIpc) is 2.42. The summed E-state index contributed by atoms with van der Waals surface area (Å²) in [6.07, 6.45) is 3.56. The maximum absolute atomic E-state index is 10.8. The van der Waals surface area contributed by atoms with Gasteiger partial charge in [-0.3, -0.25) is 10.1 Å². The van der Waals surface area contributed by atoms with Gasteiger partial charge in [-0.25, -0.2) is 0 Å². The van der Waals surface area contributed by atoms with E-state index in [1.54, 1.807) is 19.2 Å². The highest BCUT2D eigenvalue weighted by atomic mass is 16.6. The van der Waals surface area contributed by atoms with Crippen LogP contribution in [0.4, 0.5) is 5.69 Å². The standard InChI is InChI=1S/C15H24N2O3/c1-12(2)6-4-5-9-16-11-13-10-14(17(18)19)7-8-15(13)20-3/h7-8,10,12,16H,4-6,9,11H2,1-3H3. The van der Waals surface area contributed by atoms with Crippen molar-refractivity contribution >= 4 is 5.69 Å². The number of nitrogens with zero attached hydrogens (tertiary/aromatic N) is 1. The third-order valence-corrected chi connectivity index (χ3v) is 3.18. The Morgan fingerprint density at radius 2 is 2.10 bits per heavy atom. The van der Waals surface area contributed by atoms with Crippen LogP contribution in [0.25, 0.3) is 0 Å². The molecule has 1 rings (SSSR count). The molecule has 0 saturated carbocycles. The lowest BCUT2D eigenvalue weighted by Crippen LogP contribution is -2.15. The van der Waals surface area contributed by atoms with Crippen molar-refractivity contribution in [1.82, 2.24) is 5.32 Å². The van der Waals surface area contributed by atoms with Crippen molar-refractivity contribution in [2.45, 2.75) is 39.7 Å². The van der Waals surface area contributed by atoms with E-state index in [1.807, 2.05) is 0 Å². The lowest BCUT2D eigenvalue weighted by Gasteiger charge is -2.10. The Kier molecular flexibility index (Phi) is 7.01. The van der Waals surface area contributed by atoms with E-state index in [0.29, 0.717) is 12.3 Å². The van der Waals surface area contributed by atoms with E-state index in [-0.39, 0.29) is 10.6 Å². The molecular formula is C15H24N2O3. The van der Waals surface area contributed by atoms with Gasteiger partial charge in [-0.15, -0.1) is 0 Å². The average molecular weight is 280 g/mol. The van der Waals surface area contributed by atoms with Crippen molar-refractivity contribution < 1.29 is 9.66 Å². The number of nitrogens with one attached hydrogen (secondary N) is 1. The van der Waals surface area contributed by atoms with Gasteiger partial charge in [-0.1, -0.05) is 26.7 Å². The molecule has 0 spiro atoms. The fraction of sp³-hybridized carbons (Fsp3) is 0.600. The molecule has 0 fully saturated rings. The Balaban J connectivity index is 2.45. The molecule has 5 nitrogen and oxygen atoms in total. The van der Waals surface area contributed by atoms with Crippen molar-refractivity contribution in [3.63, 3.8) is 0 Å². The molecule has 0 amide bonds. The van der Waals surface area contributed by atoms with Crippen LogP contribution in [0.1, 0.15) is 38.7 Å². The molecule has 1 N–H and O–H groups in total. The van der Waals surface area contributed by atoms with Crippen molar-refractivity contribution in [1.29, 1.82) is 0 Å². The first-order valence-electron chi connectivity index (χ1n) is 7.06. The molecule has 1 aromatic carbocycles. The van der Waals surface area contributed by atoms with Gasteiger partial charge < -0.3 is 10.1 Å². The fourth-order valence-corrected chi connectivity index (χ4v) is 2.04. The molecule has 5 heteroatoms. The van der Waals surface area contributed by atoms with Gasteiger partial charge in [0.1, 0.15) is 5.75 Å². The smallest absolute Gasteiger partial charge is 0.270 e. The topological polar surface area (TPSA) is 64.4 Å². The van der Waals surface area contributed by atoms with Crippen molar-refractivity contribution in [2.24, 2.45) is 5.92 Å². The van der Waals surface area contributed by atoms with Gasteiger partial charge >= 0.3 is 0 Å². The van der Waals surface area contributed by atoms with Gasteiger partial charge in [0.2, 0.25) is 0 Å². The molecule has 0 radical (unpaired) electrons. The maximum Gasteiger partial charge on any atom is 0.270 e. The monoisotopic (exact) mass is 280 g/mol. The van der Waals surface area contributed by atoms with Gasteiger partial charge in [0, 0.05) is 24.2 Å². The van der Waals surface area contributed by atoms with Crippen LogP contribution >= 0.6 is 0 Å². The van der Waals surface area contributed by atoms with Crippen molar-refractivity contribution in [3.8, 4) is 5.75 Å². The Hall–Kier alpha value is -1.62. The van der Waals surface area contributed by atoms with Crippen LogP contribution in [0, 0.1) is 16.0 Å². The molecule has 0 unspecified atom stereocenters. The van der Waals surface area contributed by atoms with E-state index in [9.17, 15) is 10.1 Å². The molecule has 0 heterocycles. The van der Waals surface area contributed by atoms with Crippen LogP contribution < -0.4 is 10.1 Å². The predicted molar refractivity (Wildman–Crippen MR) is 80.0 cm³/mol. The van der Waals surface area contributed by atoms with Crippen molar-refractivity contribution in [3.05, 3.63) is 33.9 Å².